The van der Waals surface area contributed by atoms with Crippen LogP contribution in [0.25, 0.3) is 0 Å². The van der Waals surface area contributed by atoms with E-state index >= 15 is 0 Å². The zero-order valence-corrected chi connectivity index (χ0v) is 15.9. The lowest BCUT2D eigenvalue weighted by Crippen LogP contribution is -2.21. The number of aryl methyl sites for hydroxylation is 1. The van der Waals surface area contributed by atoms with Crippen LogP contribution in [0, 0.1) is 13.8 Å². The Balaban J connectivity index is 2.38. The largest absolute Gasteiger partial charge is 0.495 e. The SMILES string of the molecule is CNS(=O)(=O)c1cc(C(=O)Nc2ccc(OC)c(Cl)c2)cc(C)c1C. The Hall–Kier alpha value is -2.09. The maximum atomic E-state index is 12.5. The van der Waals surface area contributed by atoms with E-state index in [2.05, 4.69) is 10.0 Å². The number of anilines is 1. The summed E-state index contributed by atoms with van der Waals surface area (Å²) in [6, 6.07) is 7.84. The smallest absolute Gasteiger partial charge is 0.255 e. The molecule has 0 saturated heterocycles. The van der Waals surface area contributed by atoms with Crippen molar-refractivity contribution in [3.8, 4) is 5.75 Å². The molecular formula is C17H19ClN2O4S. The number of hydrogen-bond donors (Lipinski definition) is 2. The molecule has 6 nitrogen and oxygen atoms in total. The van der Waals surface area contributed by atoms with Gasteiger partial charge in [0.15, 0.2) is 0 Å². The summed E-state index contributed by atoms with van der Waals surface area (Å²) in [5.74, 6) is 0.0603. The van der Waals surface area contributed by atoms with Crippen molar-refractivity contribution in [3.05, 3.63) is 52.0 Å². The molecule has 2 N–H and O–H groups in total. The molecule has 0 aliphatic rings. The number of halogens is 1. The summed E-state index contributed by atoms with van der Waals surface area (Å²) in [5.41, 5.74) is 2.02. The van der Waals surface area contributed by atoms with E-state index in [1.165, 1.54) is 20.2 Å². The topological polar surface area (TPSA) is 84.5 Å². The number of nitrogens with one attached hydrogen (secondary N) is 2. The van der Waals surface area contributed by atoms with Crippen LogP contribution in [0.1, 0.15) is 21.5 Å². The summed E-state index contributed by atoms with van der Waals surface area (Å²) in [6.07, 6.45) is 0. The number of sulfonamides is 1. The van der Waals surface area contributed by atoms with Gasteiger partial charge in [-0.25, -0.2) is 13.1 Å². The van der Waals surface area contributed by atoms with Gasteiger partial charge in [0.2, 0.25) is 10.0 Å². The van der Waals surface area contributed by atoms with Crippen LogP contribution >= 0.6 is 11.6 Å². The molecule has 0 radical (unpaired) electrons. The molecule has 8 heteroatoms. The third-order valence-electron chi connectivity index (χ3n) is 3.85. The molecular weight excluding hydrogens is 364 g/mol. The van der Waals surface area contributed by atoms with Crippen molar-refractivity contribution in [2.45, 2.75) is 18.7 Å². The highest BCUT2D eigenvalue weighted by Crippen LogP contribution is 2.28. The molecule has 0 bridgehead atoms. The lowest BCUT2D eigenvalue weighted by atomic mass is 10.1. The Bertz CT molecular complexity index is 926. The maximum absolute atomic E-state index is 12.5. The Kier molecular flexibility index (Phi) is 5.72. The van der Waals surface area contributed by atoms with E-state index in [9.17, 15) is 13.2 Å². The molecule has 0 unspecified atom stereocenters. The van der Waals surface area contributed by atoms with Crippen molar-refractivity contribution in [1.29, 1.82) is 0 Å². The lowest BCUT2D eigenvalue weighted by molar-refractivity contribution is 0.102. The number of ether oxygens (including phenoxy) is 1. The van der Waals surface area contributed by atoms with E-state index < -0.39 is 15.9 Å². The zero-order valence-electron chi connectivity index (χ0n) is 14.3. The average molecular weight is 383 g/mol. The molecule has 0 aliphatic heterocycles. The highest BCUT2D eigenvalue weighted by molar-refractivity contribution is 7.89. The summed E-state index contributed by atoms with van der Waals surface area (Å²) >= 11 is 6.04. The Morgan fingerprint density at radius 3 is 2.40 bits per heavy atom. The van der Waals surface area contributed by atoms with Crippen LogP contribution < -0.4 is 14.8 Å². The molecule has 134 valence electrons. The second-order valence-electron chi connectivity index (χ2n) is 5.43. The van der Waals surface area contributed by atoms with E-state index in [4.69, 9.17) is 16.3 Å². The van der Waals surface area contributed by atoms with E-state index in [-0.39, 0.29) is 10.5 Å². The minimum Gasteiger partial charge on any atom is -0.495 e. The van der Waals surface area contributed by atoms with Crippen molar-refractivity contribution >= 4 is 33.2 Å². The highest BCUT2D eigenvalue weighted by Gasteiger charge is 2.19. The Labute approximate surface area is 152 Å². The van der Waals surface area contributed by atoms with Crippen LogP contribution in [0.3, 0.4) is 0 Å². The first-order chi connectivity index (χ1) is 11.7. The van der Waals surface area contributed by atoms with Crippen molar-refractivity contribution in [2.24, 2.45) is 0 Å². The first-order valence-electron chi connectivity index (χ1n) is 7.39. The maximum Gasteiger partial charge on any atom is 0.255 e. The minimum absolute atomic E-state index is 0.0768. The number of methoxy groups -OCH3 is 1. The molecule has 2 rings (SSSR count). The van der Waals surface area contributed by atoms with E-state index in [0.717, 1.165) is 0 Å². The number of carbonyl (C=O) groups excluding carboxylic acids is 1. The summed E-state index contributed by atoms with van der Waals surface area (Å²) in [4.78, 5) is 12.6. The number of benzene rings is 2. The van der Waals surface area contributed by atoms with Gasteiger partial charge in [0.25, 0.3) is 5.91 Å². The van der Waals surface area contributed by atoms with Crippen LogP contribution in [-0.2, 0) is 10.0 Å². The van der Waals surface area contributed by atoms with Gasteiger partial charge in [-0.05, 0) is 62.4 Å². The number of carbonyl (C=O) groups is 1. The molecule has 0 aliphatic carbocycles. The summed E-state index contributed by atoms with van der Waals surface area (Å²) in [5, 5.41) is 3.06. The van der Waals surface area contributed by atoms with Crippen LogP contribution in [0.2, 0.25) is 5.02 Å². The highest BCUT2D eigenvalue weighted by atomic mass is 35.5. The van der Waals surface area contributed by atoms with Crippen LogP contribution in [0.4, 0.5) is 5.69 Å². The second kappa shape index (κ2) is 7.43. The zero-order chi connectivity index (χ0) is 18.8. The van der Waals surface area contributed by atoms with Gasteiger partial charge in [-0.2, -0.15) is 0 Å². The number of hydrogen-bond acceptors (Lipinski definition) is 4. The molecule has 1 amide bonds. The average Bonchev–Trinajstić information content (AvgIpc) is 2.57. The summed E-state index contributed by atoms with van der Waals surface area (Å²) in [6.45, 7) is 3.45. The van der Waals surface area contributed by atoms with E-state index in [0.29, 0.717) is 27.6 Å². The van der Waals surface area contributed by atoms with Crippen LogP contribution in [0.5, 0.6) is 5.75 Å². The number of amides is 1. The molecule has 0 atom stereocenters. The van der Waals surface area contributed by atoms with Gasteiger partial charge < -0.3 is 10.1 Å². The van der Waals surface area contributed by atoms with Crippen LogP contribution in [-0.4, -0.2) is 28.5 Å². The van der Waals surface area contributed by atoms with Crippen molar-refractivity contribution in [3.63, 3.8) is 0 Å². The third-order valence-corrected chi connectivity index (χ3v) is 5.69. The van der Waals surface area contributed by atoms with Gasteiger partial charge in [-0.3, -0.25) is 4.79 Å². The lowest BCUT2D eigenvalue weighted by Gasteiger charge is -2.13. The van der Waals surface area contributed by atoms with Gasteiger partial charge in [0.1, 0.15) is 5.75 Å². The minimum atomic E-state index is -3.66. The molecule has 0 heterocycles. The quantitative estimate of drug-likeness (QED) is 0.832. The van der Waals surface area contributed by atoms with Crippen molar-refractivity contribution in [2.75, 3.05) is 19.5 Å². The van der Waals surface area contributed by atoms with Crippen molar-refractivity contribution in [1.82, 2.24) is 4.72 Å². The monoisotopic (exact) mass is 382 g/mol. The third kappa shape index (κ3) is 4.12. The second-order valence-corrected chi connectivity index (χ2v) is 7.69. The summed E-state index contributed by atoms with van der Waals surface area (Å²) < 4.78 is 31.6. The number of rotatable bonds is 5. The molecule has 25 heavy (non-hydrogen) atoms. The predicted octanol–water partition coefficient (Wildman–Crippen LogP) is 3.13. The molecule has 2 aromatic carbocycles. The van der Waals surface area contributed by atoms with Crippen molar-refractivity contribution < 1.29 is 17.9 Å². The van der Waals surface area contributed by atoms with E-state index in [1.54, 1.807) is 38.1 Å². The Morgan fingerprint density at radius 2 is 1.84 bits per heavy atom. The first kappa shape index (κ1) is 19.2. The molecule has 0 aromatic heterocycles. The Morgan fingerprint density at radius 1 is 1.16 bits per heavy atom. The van der Waals surface area contributed by atoms with Gasteiger partial charge in [-0.1, -0.05) is 11.6 Å². The first-order valence-corrected chi connectivity index (χ1v) is 9.25. The van der Waals surface area contributed by atoms with Gasteiger partial charge in [0, 0.05) is 11.3 Å². The van der Waals surface area contributed by atoms with Gasteiger partial charge >= 0.3 is 0 Å². The fraction of sp³-hybridized carbons (Fsp3) is 0.235. The standard InChI is InChI=1S/C17H19ClN2O4S/c1-10-7-12(8-16(11(10)2)25(22,23)19-3)17(21)20-13-5-6-15(24-4)14(18)9-13/h5-9,19H,1-4H3,(H,20,21). The molecule has 0 fully saturated rings. The van der Waals surface area contributed by atoms with E-state index in [1.807, 2.05) is 0 Å². The summed E-state index contributed by atoms with van der Waals surface area (Å²) in [7, 11) is -0.836. The fourth-order valence-electron chi connectivity index (χ4n) is 2.29. The predicted molar refractivity (Wildman–Crippen MR) is 98.1 cm³/mol. The molecule has 0 saturated carbocycles. The molecule has 2 aromatic rings. The normalized spacial score (nSPS) is 11.2. The molecule has 0 spiro atoms. The fourth-order valence-corrected chi connectivity index (χ4v) is 3.62. The van der Waals surface area contributed by atoms with Gasteiger partial charge in [-0.15, -0.1) is 0 Å². The van der Waals surface area contributed by atoms with Crippen LogP contribution in [0.15, 0.2) is 35.2 Å². The van der Waals surface area contributed by atoms with Gasteiger partial charge in [0.05, 0.1) is 17.0 Å².